The van der Waals surface area contributed by atoms with Crippen LogP contribution in [-0.4, -0.2) is 51.2 Å². The van der Waals surface area contributed by atoms with Crippen LogP contribution in [-0.2, 0) is 12.8 Å². The Bertz CT molecular complexity index is 1350. The minimum Gasteiger partial charge on any atom is -0.495 e. The standard InChI is InChI=1S/C27H30ClN7O2/c1-37-25-16-19-8-10-20(29-12-14-36)9-7-18(19)15-23(25)33-27-30-17-21(28)26(34-27)32-22-5-2-3-6-24(22)35-13-4-11-31-35/h2-6,11,13,15-17,20,29,36H,7-10,12,14H2,1H3,(H2,30,32,33,34). The van der Waals surface area contributed by atoms with Crippen LogP contribution in [0.5, 0.6) is 5.75 Å². The fourth-order valence-corrected chi connectivity index (χ4v) is 4.77. The predicted octanol–water partition coefficient (Wildman–Crippen LogP) is 4.64. The van der Waals surface area contributed by atoms with Crippen molar-refractivity contribution >= 4 is 34.7 Å². The molecule has 4 aromatic rings. The molecule has 1 atom stereocenters. The topological polar surface area (TPSA) is 109 Å². The molecule has 0 bridgehead atoms. The molecule has 9 nitrogen and oxygen atoms in total. The van der Waals surface area contributed by atoms with E-state index in [1.54, 1.807) is 24.2 Å². The van der Waals surface area contributed by atoms with E-state index >= 15 is 0 Å². The van der Waals surface area contributed by atoms with Crippen molar-refractivity contribution in [2.75, 3.05) is 30.9 Å². The van der Waals surface area contributed by atoms with E-state index in [0.29, 0.717) is 29.4 Å². The number of halogens is 1. The smallest absolute Gasteiger partial charge is 0.229 e. The Morgan fingerprint density at radius 3 is 2.65 bits per heavy atom. The highest BCUT2D eigenvalue weighted by molar-refractivity contribution is 6.33. The van der Waals surface area contributed by atoms with Gasteiger partial charge >= 0.3 is 0 Å². The molecule has 5 rings (SSSR count). The molecule has 2 heterocycles. The van der Waals surface area contributed by atoms with Gasteiger partial charge < -0.3 is 25.8 Å². The number of ether oxygens (including phenoxy) is 1. The maximum atomic E-state index is 9.15. The first-order valence-electron chi connectivity index (χ1n) is 12.3. The molecule has 0 spiro atoms. The summed E-state index contributed by atoms with van der Waals surface area (Å²) in [6, 6.07) is 14.3. The van der Waals surface area contributed by atoms with E-state index in [4.69, 9.17) is 21.4 Å². The van der Waals surface area contributed by atoms with Gasteiger partial charge in [-0.2, -0.15) is 10.1 Å². The summed E-state index contributed by atoms with van der Waals surface area (Å²) >= 11 is 6.46. The normalized spacial score (nSPS) is 15.1. The number of anilines is 4. The van der Waals surface area contributed by atoms with E-state index in [0.717, 1.165) is 48.5 Å². The number of benzene rings is 2. The molecule has 1 aliphatic carbocycles. The minimum atomic E-state index is 0.151. The van der Waals surface area contributed by atoms with Crippen molar-refractivity contribution in [3.8, 4) is 11.4 Å². The zero-order chi connectivity index (χ0) is 25.6. The molecular formula is C27H30ClN7O2. The zero-order valence-corrected chi connectivity index (χ0v) is 21.4. The first-order chi connectivity index (χ1) is 18.1. The summed E-state index contributed by atoms with van der Waals surface area (Å²) in [5, 5.41) is 24.0. The summed E-state index contributed by atoms with van der Waals surface area (Å²) < 4.78 is 7.48. The van der Waals surface area contributed by atoms with Gasteiger partial charge in [0, 0.05) is 25.0 Å². The molecule has 1 aliphatic rings. The summed E-state index contributed by atoms with van der Waals surface area (Å²) in [5.41, 5.74) is 5.04. The molecule has 0 radical (unpaired) electrons. The molecule has 1 unspecified atom stereocenters. The van der Waals surface area contributed by atoms with Gasteiger partial charge in [-0.05, 0) is 67.1 Å². The Balaban J connectivity index is 1.38. The van der Waals surface area contributed by atoms with Crippen molar-refractivity contribution in [1.29, 1.82) is 0 Å². The monoisotopic (exact) mass is 519 g/mol. The lowest BCUT2D eigenvalue weighted by Gasteiger charge is -2.16. The number of rotatable bonds is 9. The summed E-state index contributed by atoms with van der Waals surface area (Å²) in [7, 11) is 1.66. The second-order valence-electron chi connectivity index (χ2n) is 8.88. The third kappa shape index (κ3) is 5.85. The lowest BCUT2D eigenvalue weighted by molar-refractivity contribution is 0.280. The molecule has 0 amide bonds. The van der Waals surface area contributed by atoms with E-state index in [1.807, 2.05) is 36.5 Å². The third-order valence-corrected chi connectivity index (χ3v) is 6.77. The number of aliphatic hydroxyl groups is 1. The summed E-state index contributed by atoms with van der Waals surface area (Å²) in [6.07, 6.45) is 9.12. The molecule has 0 fully saturated rings. The highest BCUT2D eigenvalue weighted by Crippen LogP contribution is 2.34. The number of methoxy groups -OCH3 is 1. The quantitative estimate of drug-likeness (QED) is 0.237. The van der Waals surface area contributed by atoms with Gasteiger partial charge in [0.15, 0.2) is 5.82 Å². The maximum absolute atomic E-state index is 9.15. The summed E-state index contributed by atoms with van der Waals surface area (Å²) in [4.78, 5) is 9.05. The van der Waals surface area contributed by atoms with Crippen LogP contribution in [0.1, 0.15) is 24.0 Å². The average Bonchev–Trinajstić information content (AvgIpc) is 3.38. The molecule has 192 valence electrons. The van der Waals surface area contributed by atoms with E-state index in [9.17, 15) is 0 Å². The fourth-order valence-electron chi connectivity index (χ4n) is 4.63. The lowest BCUT2D eigenvalue weighted by atomic mass is 10.0. The SMILES string of the molecule is COc1cc2c(cc1Nc1ncc(Cl)c(Nc3ccccc3-n3cccn3)n1)CCC(NCCO)CC2. The molecule has 0 saturated heterocycles. The van der Waals surface area contributed by atoms with E-state index < -0.39 is 0 Å². The first-order valence-corrected chi connectivity index (χ1v) is 12.7. The molecule has 4 N–H and O–H groups in total. The van der Waals surface area contributed by atoms with Crippen LogP contribution in [0.3, 0.4) is 0 Å². The van der Waals surface area contributed by atoms with Crippen molar-refractivity contribution in [2.24, 2.45) is 0 Å². The number of aliphatic hydroxyl groups excluding tert-OH is 1. The molecule has 2 aromatic heterocycles. The van der Waals surface area contributed by atoms with E-state index in [-0.39, 0.29) is 6.61 Å². The van der Waals surface area contributed by atoms with Gasteiger partial charge in [0.05, 0.1) is 37.0 Å². The second-order valence-corrected chi connectivity index (χ2v) is 9.29. The molecule has 37 heavy (non-hydrogen) atoms. The van der Waals surface area contributed by atoms with Crippen LogP contribution >= 0.6 is 11.6 Å². The highest BCUT2D eigenvalue weighted by atomic mass is 35.5. The Hall–Kier alpha value is -3.66. The molecule has 0 aliphatic heterocycles. The number of aryl methyl sites for hydroxylation is 2. The molecule has 10 heteroatoms. The van der Waals surface area contributed by atoms with Gasteiger partial charge in [-0.3, -0.25) is 0 Å². The van der Waals surface area contributed by atoms with Crippen LogP contribution in [0.4, 0.5) is 23.1 Å². The van der Waals surface area contributed by atoms with Gasteiger partial charge in [-0.1, -0.05) is 23.7 Å². The average molecular weight is 520 g/mol. The van der Waals surface area contributed by atoms with E-state index in [2.05, 4.69) is 43.1 Å². The number of hydrogen-bond acceptors (Lipinski definition) is 8. The molecular weight excluding hydrogens is 490 g/mol. The van der Waals surface area contributed by atoms with Crippen LogP contribution in [0.2, 0.25) is 5.02 Å². The fraction of sp³-hybridized carbons (Fsp3) is 0.296. The highest BCUT2D eigenvalue weighted by Gasteiger charge is 2.19. The van der Waals surface area contributed by atoms with Gasteiger partial charge in [-0.25, -0.2) is 9.67 Å². The first kappa shape index (κ1) is 25.0. The second kappa shape index (κ2) is 11.6. The van der Waals surface area contributed by atoms with Gasteiger partial charge in [-0.15, -0.1) is 0 Å². The van der Waals surface area contributed by atoms with Crippen LogP contribution in [0, 0.1) is 0 Å². The molecule has 0 saturated carbocycles. The Morgan fingerprint density at radius 1 is 1.08 bits per heavy atom. The van der Waals surface area contributed by atoms with Crippen LogP contribution < -0.4 is 20.7 Å². The van der Waals surface area contributed by atoms with Crippen molar-refractivity contribution in [3.63, 3.8) is 0 Å². The Kier molecular flexibility index (Phi) is 7.84. The summed E-state index contributed by atoms with van der Waals surface area (Å²) in [6.45, 7) is 0.770. The largest absolute Gasteiger partial charge is 0.495 e. The van der Waals surface area contributed by atoms with Gasteiger partial charge in [0.1, 0.15) is 10.8 Å². The number of nitrogens with one attached hydrogen (secondary N) is 3. The number of nitrogens with zero attached hydrogens (tertiary/aromatic N) is 4. The number of para-hydroxylation sites is 2. The van der Waals surface area contributed by atoms with Crippen LogP contribution in [0.15, 0.2) is 61.1 Å². The predicted molar refractivity (Wildman–Crippen MR) is 146 cm³/mol. The van der Waals surface area contributed by atoms with E-state index in [1.165, 1.54) is 11.1 Å². The number of aromatic nitrogens is 4. The summed E-state index contributed by atoms with van der Waals surface area (Å²) in [5.74, 6) is 1.61. The van der Waals surface area contributed by atoms with Gasteiger partial charge in [0.25, 0.3) is 0 Å². The Morgan fingerprint density at radius 2 is 1.89 bits per heavy atom. The van der Waals surface area contributed by atoms with Crippen LogP contribution in [0.25, 0.3) is 5.69 Å². The Labute approximate surface area is 220 Å². The van der Waals surface area contributed by atoms with Gasteiger partial charge in [0.2, 0.25) is 5.95 Å². The number of hydrogen-bond donors (Lipinski definition) is 4. The third-order valence-electron chi connectivity index (χ3n) is 6.49. The lowest BCUT2D eigenvalue weighted by Crippen LogP contribution is -2.31. The minimum absolute atomic E-state index is 0.151. The van der Waals surface area contributed by atoms with Crippen molar-refractivity contribution < 1.29 is 9.84 Å². The van der Waals surface area contributed by atoms with Crippen molar-refractivity contribution in [2.45, 2.75) is 31.7 Å². The van der Waals surface area contributed by atoms with Crippen molar-refractivity contribution in [1.82, 2.24) is 25.1 Å². The molecule has 2 aromatic carbocycles. The zero-order valence-electron chi connectivity index (χ0n) is 20.6. The van der Waals surface area contributed by atoms with Crippen molar-refractivity contribution in [3.05, 3.63) is 77.2 Å². The number of fused-ring (bicyclic) bond motifs is 1. The maximum Gasteiger partial charge on any atom is 0.229 e.